The molecule has 0 aliphatic carbocycles. The van der Waals surface area contributed by atoms with Gasteiger partial charge in [-0.25, -0.2) is 0 Å². The Morgan fingerprint density at radius 2 is 0.786 bits per heavy atom. The quantitative estimate of drug-likeness (QED) is 0.0935. The zero-order chi connectivity index (χ0) is 29.8. The molecule has 0 heterocycles. The van der Waals surface area contributed by atoms with Crippen LogP contribution in [-0.2, 0) is 10.8 Å². The van der Waals surface area contributed by atoms with Crippen molar-refractivity contribution in [1.82, 2.24) is 0 Å². The summed E-state index contributed by atoms with van der Waals surface area (Å²) in [5, 5.41) is 7.67. The van der Waals surface area contributed by atoms with E-state index in [0.29, 0.717) is 0 Å². The Kier molecular flexibility index (Phi) is 7.53. The van der Waals surface area contributed by atoms with Crippen molar-refractivity contribution in [3.8, 4) is 41.9 Å². The van der Waals surface area contributed by atoms with Crippen LogP contribution in [0.15, 0.2) is 84.9 Å². The highest BCUT2D eigenvalue weighted by Crippen LogP contribution is 2.41. The molecule has 0 radical (unpaired) electrons. The van der Waals surface area contributed by atoms with Crippen molar-refractivity contribution in [2.45, 2.75) is 52.4 Å². The summed E-state index contributed by atoms with van der Waals surface area (Å²) in [7, 11) is 0. The van der Waals surface area contributed by atoms with Gasteiger partial charge in [0.2, 0.25) is 0 Å². The number of halogens is 2. The van der Waals surface area contributed by atoms with Gasteiger partial charge in [0.15, 0.2) is 0 Å². The Bertz CT molecular complexity index is 1910. The van der Waals surface area contributed by atoms with Crippen molar-refractivity contribution in [2.24, 2.45) is 0 Å². The zero-order valence-corrected chi connectivity index (χ0v) is 29.2. The smallest absolute Gasteiger partial charge is 0.0334 e. The molecule has 6 aromatic carbocycles. The third kappa shape index (κ3) is 5.29. The summed E-state index contributed by atoms with van der Waals surface area (Å²) in [6.07, 6.45) is 0. The van der Waals surface area contributed by atoms with Crippen molar-refractivity contribution >= 4 is 77.5 Å². The van der Waals surface area contributed by atoms with Crippen molar-refractivity contribution in [3.05, 3.63) is 107 Å². The van der Waals surface area contributed by atoms with E-state index in [1.54, 1.807) is 0 Å². The SMILES string of the molecule is CC(C)(C)c1ccc(-c2cc3ccc4cc(-c5ccc(C(C)(C)C)cc5C#CI)cc5ccc(c2)c3c45)c(C#CI)c1. The minimum Gasteiger partial charge on any atom is -0.0578 e. The van der Waals surface area contributed by atoms with Gasteiger partial charge in [-0.05, 0) is 121 Å². The third-order valence-electron chi connectivity index (χ3n) is 8.29. The molecule has 0 N–H and O–H groups in total. The summed E-state index contributed by atoms with van der Waals surface area (Å²) >= 11 is 4.29. The number of hydrogen-bond acceptors (Lipinski definition) is 0. The lowest BCUT2D eigenvalue weighted by Crippen LogP contribution is -2.11. The highest BCUT2D eigenvalue weighted by Gasteiger charge is 2.19. The molecular formula is C40H32I2. The van der Waals surface area contributed by atoms with E-state index in [-0.39, 0.29) is 10.8 Å². The summed E-state index contributed by atoms with van der Waals surface area (Å²) in [5.74, 6) is 6.74. The molecule has 0 bridgehead atoms. The van der Waals surface area contributed by atoms with Crippen molar-refractivity contribution in [1.29, 1.82) is 0 Å². The number of rotatable bonds is 2. The van der Waals surface area contributed by atoms with Crippen LogP contribution in [0.5, 0.6) is 0 Å². The second-order valence-corrected chi connectivity index (χ2v) is 14.3. The average Bonchev–Trinajstić information content (AvgIpc) is 2.95. The largest absolute Gasteiger partial charge is 0.0578 e. The van der Waals surface area contributed by atoms with Crippen LogP contribution in [0.25, 0.3) is 54.6 Å². The van der Waals surface area contributed by atoms with Gasteiger partial charge in [0.25, 0.3) is 0 Å². The Balaban J connectivity index is 1.53. The molecule has 6 aromatic rings. The van der Waals surface area contributed by atoms with E-state index in [9.17, 15) is 0 Å². The van der Waals surface area contributed by atoms with Crippen LogP contribution < -0.4 is 0 Å². The lowest BCUT2D eigenvalue weighted by Gasteiger charge is -2.21. The summed E-state index contributed by atoms with van der Waals surface area (Å²) in [6.45, 7) is 13.5. The minimum absolute atomic E-state index is 0.0741. The van der Waals surface area contributed by atoms with E-state index in [0.717, 1.165) is 11.1 Å². The molecule has 0 saturated heterocycles. The molecule has 206 valence electrons. The van der Waals surface area contributed by atoms with Crippen LogP contribution in [-0.4, -0.2) is 0 Å². The molecule has 0 aliphatic heterocycles. The predicted octanol–water partition coefficient (Wildman–Crippen LogP) is 12.0. The Morgan fingerprint density at radius 3 is 1.07 bits per heavy atom. The molecule has 0 saturated carbocycles. The van der Waals surface area contributed by atoms with Crippen LogP contribution in [0.3, 0.4) is 0 Å². The van der Waals surface area contributed by atoms with Crippen LogP contribution in [0.1, 0.15) is 63.8 Å². The molecule has 0 atom stereocenters. The van der Waals surface area contributed by atoms with Gasteiger partial charge >= 0.3 is 0 Å². The molecule has 0 nitrogen and oxygen atoms in total. The molecule has 0 fully saturated rings. The molecule has 0 spiro atoms. The van der Waals surface area contributed by atoms with E-state index in [1.165, 1.54) is 65.7 Å². The standard InChI is InChI=1S/C40H32I2/c1-39(2,3)33-11-13-35(25(23-33)15-17-41)31-19-27-7-9-29-21-32(22-30-10-8-28(20-31)37(27)38(29)30)36-14-12-34(40(4,5)6)24-26(36)16-18-42/h7-14,19-24H,1-6H3. The van der Waals surface area contributed by atoms with Gasteiger partial charge in [0.05, 0.1) is 0 Å². The minimum atomic E-state index is 0.0741. The maximum atomic E-state index is 3.37. The van der Waals surface area contributed by atoms with Gasteiger partial charge in [-0.3, -0.25) is 0 Å². The predicted molar refractivity (Wildman–Crippen MR) is 200 cm³/mol. The first-order valence-electron chi connectivity index (χ1n) is 14.2. The van der Waals surface area contributed by atoms with E-state index in [2.05, 4.69) is 191 Å². The van der Waals surface area contributed by atoms with E-state index >= 15 is 0 Å². The summed E-state index contributed by atoms with van der Waals surface area (Å²) in [6, 6.07) is 32.0. The Hall–Kier alpha value is -3.06. The van der Waals surface area contributed by atoms with E-state index in [4.69, 9.17) is 0 Å². The summed E-state index contributed by atoms with van der Waals surface area (Å²) in [5.41, 5.74) is 9.69. The van der Waals surface area contributed by atoms with Crippen LogP contribution >= 0.6 is 45.2 Å². The average molecular weight is 767 g/mol. The lowest BCUT2D eigenvalue weighted by molar-refractivity contribution is 0.590. The van der Waals surface area contributed by atoms with Crippen LogP contribution in [0.2, 0.25) is 0 Å². The first-order valence-corrected chi connectivity index (χ1v) is 16.4. The topological polar surface area (TPSA) is 0 Å². The van der Waals surface area contributed by atoms with E-state index < -0.39 is 0 Å². The highest BCUT2D eigenvalue weighted by molar-refractivity contribution is 14.1. The zero-order valence-electron chi connectivity index (χ0n) is 24.8. The van der Waals surface area contributed by atoms with Gasteiger partial charge in [0, 0.05) is 56.3 Å². The van der Waals surface area contributed by atoms with Crippen molar-refractivity contribution in [3.63, 3.8) is 0 Å². The molecule has 2 heteroatoms. The molecule has 0 aliphatic rings. The lowest BCUT2D eigenvalue weighted by atomic mass is 9.83. The van der Waals surface area contributed by atoms with E-state index in [1.807, 2.05) is 0 Å². The van der Waals surface area contributed by atoms with Gasteiger partial charge in [-0.2, -0.15) is 0 Å². The first-order chi connectivity index (χ1) is 20.0. The van der Waals surface area contributed by atoms with Gasteiger partial charge in [-0.15, -0.1) is 0 Å². The maximum absolute atomic E-state index is 3.37. The van der Waals surface area contributed by atoms with Crippen LogP contribution in [0.4, 0.5) is 0 Å². The number of hydrogen-bond donors (Lipinski definition) is 0. The molecule has 42 heavy (non-hydrogen) atoms. The number of benzene rings is 6. The fourth-order valence-electron chi connectivity index (χ4n) is 5.98. The highest BCUT2D eigenvalue weighted by atomic mass is 127. The van der Waals surface area contributed by atoms with Gasteiger partial charge in [0.1, 0.15) is 0 Å². The normalized spacial score (nSPS) is 11.9. The first kappa shape index (κ1) is 29.0. The summed E-state index contributed by atoms with van der Waals surface area (Å²) < 4.78 is 6.22. The molecule has 0 amide bonds. The van der Waals surface area contributed by atoms with Crippen molar-refractivity contribution in [2.75, 3.05) is 0 Å². The Morgan fingerprint density at radius 1 is 0.452 bits per heavy atom. The molecule has 6 rings (SSSR count). The van der Waals surface area contributed by atoms with Crippen LogP contribution in [0, 0.1) is 19.7 Å². The Labute approximate surface area is 276 Å². The summed E-state index contributed by atoms with van der Waals surface area (Å²) in [4.78, 5) is 0. The fourth-order valence-corrected chi connectivity index (χ4v) is 6.56. The van der Waals surface area contributed by atoms with Crippen molar-refractivity contribution < 1.29 is 0 Å². The fraction of sp³-hybridized carbons (Fsp3) is 0.200. The molecule has 0 aromatic heterocycles. The second-order valence-electron chi connectivity index (χ2n) is 13.2. The second kappa shape index (κ2) is 10.9. The molecular weight excluding hydrogens is 734 g/mol. The monoisotopic (exact) mass is 766 g/mol. The van der Waals surface area contributed by atoms with Gasteiger partial charge in [-0.1, -0.05) is 102 Å². The van der Waals surface area contributed by atoms with Gasteiger partial charge < -0.3 is 0 Å². The molecule has 0 unspecified atom stereocenters. The third-order valence-corrected chi connectivity index (χ3v) is 8.83. The maximum Gasteiger partial charge on any atom is 0.0334 e.